The predicted molar refractivity (Wildman–Crippen MR) is 120 cm³/mol. The average molecular weight is 411 g/mol. The van der Waals surface area contributed by atoms with Crippen LogP contribution in [0.15, 0.2) is 46.8 Å². The van der Waals surface area contributed by atoms with Gasteiger partial charge >= 0.3 is 5.97 Å². The van der Waals surface area contributed by atoms with Gasteiger partial charge in [-0.15, -0.1) is 0 Å². The highest BCUT2D eigenvalue weighted by Gasteiger charge is 2.43. The summed E-state index contributed by atoms with van der Waals surface area (Å²) in [6.07, 6.45) is 3.06. The van der Waals surface area contributed by atoms with Gasteiger partial charge in [0.1, 0.15) is 0 Å². The van der Waals surface area contributed by atoms with Gasteiger partial charge in [-0.2, -0.15) is 0 Å². The van der Waals surface area contributed by atoms with Crippen LogP contribution in [-0.2, 0) is 14.3 Å². The van der Waals surface area contributed by atoms with E-state index >= 15 is 0 Å². The number of hydrogen-bond acceptors (Lipinski definition) is 5. The first-order valence-corrected chi connectivity index (χ1v) is 10.8. The highest BCUT2D eigenvalue weighted by atomic mass is 16.5. The third kappa shape index (κ3) is 4.45. The van der Waals surface area contributed by atoms with Gasteiger partial charge in [0.05, 0.1) is 12.2 Å². The molecule has 0 bridgehead atoms. The first kappa shape index (κ1) is 22.1. The average Bonchev–Trinajstić information content (AvgIpc) is 2.66. The minimum atomic E-state index is -0.393. The van der Waals surface area contributed by atoms with E-state index < -0.39 is 5.92 Å². The largest absolute Gasteiger partial charge is 0.462 e. The summed E-state index contributed by atoms with van der Waals surface area (Å²) in [5.74, 6) is -0.615. The van der Waals surface area contributed by atoms with E-state index in [1.807, 2.05) is 50.2 Å². The molecule has 1 N–H and O–H groups in total. The zero-order valence-electron chi connectivity index (χ0n) is 19.1. The molecule has 2 aliphatic rings. The van der Waals surface area contributed by atoms with E-state index in [4.69, 9.17) is 4.74 Å². The molecule has 1 aliphatic heterocycles. The van der Waals surface area contributed by atoms with E-state index in [2.05, 4.69) is 26.1 Å². The minimum Gasteiger partial charge on any atom is -0.462 e. The number of rotatable bonds is 6. The Morgan fingerprint density at radius 3 is 2.47 bits per heavy atom. The van der Waals surface area contributed by atoms with Crippen molar-refractivity contribution in [2.24, 2.45) is 5.41 Å². The molecule has 0 radical (unpaired) electrons. The maximum atomic E-state index is 13.3. The lowest BCUT2D eigenvalue weighted by atomic mass is 9.68. The summed E-state index contributed by atoms with van der Waals surface area (Å²) in [6.45, 7) is 8.60. The normalized spacial score (nSPS) is 20.6. The van der Waals surface area contributed by atoms with Gasteiger partial charge in [0, 0.05) is 49.1 Å². The number of hydrogen-bond donors (Lipinski definition) is 1. The van der Waals surface area contributed by atoms with E-state index in [0.29, 0.717) is 18.6 Å². The number of anilines is 1. The number of allylic oxidation sites excluding steroid dienone is 3. The Labute approximate surface area is 180 Å². The molecule has 1 atom stereocenters. The van der Waals surface area contributed by atoms with Crippen molar-refractivity contribution in [1.29, 1.82) is 0 Å². The van der Waals surface area contributed by atoms with Crippen LogP contribution >= 0.6 is 0 Å². The maximum absolute atomic E-state index is 13.3. The number of Topliss-reactive ketones (excluding diaryl/α,β-unsaturated/α-hetero) is 1. The molecular weight excluding hydrogens is 376 g/mol. The number of esters is 1. The molecule has 0 aromatic heterocycles. The number of nitrogens with one attached hydrogen (secondary N) is 1. The molecule has 1 aromatic rings. The topological polar surface area (TPSA) is 58.6 Å². The fraction of sp³-hybridized carbons (Fsp3) is 0.520. The van der Waals surface area contributed by atoms with Crippen LogP contribution in [0.5, 0.6) is 0 Å². The van der Waals surface area contributed by atoms with Crippen LogP contribution in [-0.4, -0.2) is 32.5 Å². The van der Waals surface area contributed by atoms with E-state index in [1.165, 1.54) is 0 Å². The molecule has 30 heavy (non-hydrogen) atoms. The molecular formula is C25H34N2O3. The van der Waals surface area contributed by atoms with Crippen LogP contribution < -0.4 is 10.2 Å². The van der Waals surface area contributed by atoms with E-state index in [-0.39, 0.29) is 17.2 Å². The van der Waals surface area contributed by atoms with Crippen LogP contribution in [0.2, 0.25) is 0 Å². The fourth-order valence-corrected chi connectivity index (χ4v) is 4.39. The molecule has 5 nitrogen and oxygen atoms in total. The Hall–Kier alpha value is -2.56. The lowest BCUT2D eigenvalue weighted by Gasteiger charge is -2.39. The smallest absolute Gasteiger partial charge is 0.336 e. The van der Waals surface area contributed by atoms with Crippen LogP contribution in [0.4, 0.5) is 5.69 Å². The standard InChI is InChI=1S/C25H34N2O3/c1-7-8-13-30-24(29)21-16(2)26-19-14-25(3,4)15-20(28)23(19)22(21)17-9-11-18(12-10-17)27(5)6/h9-12,22,26H,7-8,13-15H2,1-6H3/t22-/m0/s1. The quantitative estimate of drug-likeness (QED) is 0.544. The highest BCUT2D eigenvalue weighted by Crippen LogP contribution is 2.46. The number of nitrogens with zero attached hydrogens (tertiary/aromatic N) is 1. The van der Waals surface area contributed by atoms with Crippen LogP contribution in [0, 0.1) is 5.41 Å². The molecule has 0 saturated carbocycles. The SMILES string of the molecule is CCCCOC(=O)C1=C(C)NC2=C(C(=O)CC(C)(C)C2)[C@H]1c1ccc(N(C)C)cc1. The van der Waals surface area contributed by atoms with Crippen LogP contribution in [0.1, 0.15) is 64.9 Å². The maximum Gasteiger partial charge on any atom is 0.336 e. The van der Waals surface area contributed by atoms with Gasteiger partial charge in [0.25, 0.3) is 0 Å². The third-order valence-electron chi connectivity index (χ3n) is 5.93. The van der Waals surface area contributed by atoms with E-state index in [0.717, 1.165) is 47.5 Å². The number of unbranched alkanes of at least 4 members (excludes halogenated alkanes) is 1. The van der Waals surface area contributed by atoms with Gasteiger partial charge < -0.3 is 15.0 Å². The Morgan fingerprint density at radius 1 is 1.20 bits per heavy atom. The predicted octanol–water partition coefficient (Wildman–Crippen LogP) is 4.70. The fourth-order valence-electron chi connectivity index (χ4n) is 4.39. The van der Waals surface area contributed by atoms with E-state index in [1.54, 1.807) is 0 Å². The van der Waals surface area contributed by atoms with Gasteiger partial charge in [-0.25, -0.2) is 4.79 Å². The number of ether oxygens (including phenoxy) is 1. The molecule has 0 unspecified atom stereocenters. The summed E-state index contributed by atoms with van der Waals surface area (Å²) in [6, 6.07) is 8.11. The summed E-state index contributed by atoms with van der Waals surface area (Å²) < 4.78 is 5.58. The number of benzene rings is 1. The van der Waals surface area contributed by atoms with Gasteiger partial charge in [0.2, 0.25) is 0 Å². The first-order chi connectivity index (χ1) is 14.1. The summed E-state index contributed by atoms with van der Waals surface area (Å²) in [5.41, 5.74) is 4.93. The minimum absolute atomic E-state index is 0.0956. The van der Waals surface area contributed by atoms with Crippen LogP contribution in [0.25, 0.3) is 0 Å². The van der Waals surface area contributed by atoms with Crippen molar-refractivity contribution in [1.82, 2.24) is 5.32 Å². The second-order valence-corrected chi connectivity index (χ2v) is 9.41. The molecule has 3 rings (SSSR count). The molecule has 162 valence electrons. The second kappa shape index (κ2) is 8.66. The number of carbonyl (C=O) groups is 2. The lowest BCUT2D eigenvalue weighted by Crippen LogP contribution is -2.38. The molecule has 0 saturated heterocycles. The van der Waals surface area contributed by atoms with Crippen molar-refractivity contribution >= 4 is 17.4 Å². The molecule has 1 heterocycles. The Morgan fingerprint density at radius 2 is 1.87 bits per heavy atom. The highest BCUT2D eigenvalue weighted by molar-refractivity contribution is 6.04. The summed E-state index contributed by atoms with van der Waals surface area (Å²) in [5, 5.41) is 3.38. The molecule has 1 aliphatic carbocycles. The monoisotopic (exact) mass is 410 g/mol. The van der Waals surface area contributed by atoms with Crippen molar-refractivity contribution in [2.75, 3.05) is 25.6 Å². The second-order valence-electron chi connectivity index (χ2n) is 9.41. The molecule has 5 heteroatoms. The summed E-state index contributed by atoms with van der Waals surface area (Å²) in [4.78, 5) is 28.4. The van der Waals surface area contributed by atoms with Gasteiger partial charge in [-0.05, 0) is 42.9 Å². The Kier molecular flexibility index (Phi) is 6.39. The van der Waals surface area contributed by atoms with Crippen molar-refractivity contribution in [3.05, 3.63) is 52.4 Å². The van der Waals surface area contributed by atoms with Gasteiger partial charge in [-0.1, -0.05) is 39.3 Å². The van der Waals surface area contributed by atoms with Crippen LogP contribution in [0.3, 0.4) is 0 Å². The van der Waals surface area contributed by atoms with Crippen molar-refractivity contribution < 1.29 is 14.3 Å². The molecule has 0 spiro atoms. The molecule has 0 amide bonds. The van der Waals surface area contributed by atoms with Crippen molar-refractivity contribution in [3.8, 4) is 0 Å². The van der Waals surface area contributed by atoms with Gasteiger partial charge in [-0.3, -0.25) is 4.79 Å². The third-order valence-corrected chi connectivity index (χ3v) is 5.93. The zero-order valence-corrected chi connectivity index (χ0v) is 19.1. The number of dihydropyridines is 1. The Balaban J connectivity index is 2.07. The zero-order chi connectivity index (χ0) is 22.1. The van der Waals surface area contributed by atoms with Gasteiger partial charge in [0.15, 0.2) is 5.78 Å². The number of ketones is 1. The van der Waals surface area contributed by atoms with Crippen molar-refractivity contribution in [3.63, 3.8) is 0 Å². The van der Waals surface area contributed by atoms with Crippen molar-refractivity contribution in [2.45, 2.75) is 59.3 Å². The lowest BCUT2D eigenvalue weighted by molar-refractivity contribution is -0.139. The molecule has 0 fully saturated rings. The summed E-state index contributed by atoms with van der Waals surface area (Å²) >= 11 is 0. The Bertz CT molecular complexity index is 891. The number of carbonyl (C=O) groups excluding carboxylic acids is 2. The van der Waals surface area contributed by atoms with E-state index in [9.17, 15) is 9.59 Å². The summed E-state index contributed by atoms with van der Waals surface area (Å²) in [7, 11) is 3.99. The first-order valence-electron chi connectivity index (χ1n) is 10.8. The molecule has 1 aromatic carbocycles.